The molecule has 2 saturated carbocycles. The van der Waals surface area contributed by atoms with Gasteiger partial charge in [-0.2, -0.15) is 13.2 Å². The number of alkyl halides is 3. The molecule has 11 rings (SSSR count). The van der Waals surface area contributed by atoms with Crippen LogP contribution in [-0.4, -0.2) is 264 Å². The van der Waals surface area contributed by atoms with Gasteiger partial charge in [0.15, 0.2) is 0 Å². The molecule has 1 spiro atoms. The molecule has 7 heterocycles. The van der Waals surface area contributed by atoms with Crippen molar-refractivity contribution in [1.82, 2.24) is 60.0 Å². The molecule has 2 aromatic rings. The van der Waals surface area contributed by atoms with Crippen LogP contribution in [0.15, 0.2) is 54.6 Å². The van der Waals surface area contributed by atoms with Crippen LogP contribution in [0.25, 0.3) is 6.08 Å². The summed E-state index contributed by atoms with van der Waals surface area (Å²) in [7, 11) is 9.81. The number of amides is 12. The van der Waals surface area contributed by atoms with Crippen LogP contribution in [0.3, 0.4) is 0 Å². The van der Waals surface area contributed by atoms with Crippen molar-refractivity contribution in [2.45, 2.75) is 216 Å². The Bertz CT molecular complexity index is 3640. The van der Waals surface area contributed by atoms with Gasteiger partial charge in [0.05, 0.1) is 25.6 Å². The van der Waals surface area contributed by atoms with Crippen LogP contribution >= 0.6 is 0 Å². The number of ether oxygens (including phenoxy) is 1. The lowest BCUT2D eigenvalue weighted by atomic mass is 9.74. The predicted molar refractivity (Wildman–Crippen MR) is 386 cm³/mol. The minimum Gasteiger partial charge on any atom is -0.377 e. The van der Waals surface area contributed by atoms with Gasteiger partial charge in [-0.1, -0.05) is 88.1 Å². The molecule has 2 saturated heterocycles. The molecule has 6 bridgehead atoms. The maximum absolute atomic E-state index is 15.7. The van der Waals surface area contributed by atoms with Crippen molar-refractivity contribution >= 4 is 77.0 Å². The number of carbonyl (C=O) groups excluding carboxylic acids is 12. The zero-order valence-electron chi connectivity index (χ0n) is 63.5. The molecule has 2 aliphatic carbocycles. The maximum atomic E-state index is 15.7. The number of allylic oxidation sites excluding steroid dienone is 1. The quantitative estimate of drug-likeness (QED) is 0.192. The normalized spacial score (nSPS) is 26.8. The van der Waals surface area contributed by atoms with Crippen LogP contribution in [0.4, 0.5) is 22.0 Å². The van der Waals surface area contributed by atoms with E-state index < -0.39 is 198 Å². The summed E-state index contributed by atoms with van der Waals surface area (Å²) < 4.78 is 78.1. The van der Waals surface area contributed by atoms with Gasteiger partial charge in [-0.25, -0.2) is 8.78 Å². The molecule has 25 nitrogen and oxygen atoms in total. The molecule has 30 heteroatoms. The predicted octanol–water partition coefficient (Wildman–Crippen LogP) is 5.65. The number of nitrogens with zero attached hydrogens (tertiary/aromatic N) is 9. The van der Waals surface area contributed by atoms with Gasteiger partial charge in [-0.05, 0) is 132 Å². The van der Waals surface area contributed by atoms with E-state index in [1.165, 1.54) is 78.7 Å². The van der Waals surface area contributed by atoms with Crippen LogP contribution in [0.1, 0.15) is 159 Å². The largest absolute Gasteiger partial charge is 0.422 e. The highest BCUT2D eigenvalue weighted by molar-refractivity contribution is 6.01. The Morgan fingerprint density at radius 3 is 1.93 bits per heavy atom. The van der Waals surface area contributed by atoms with Crippen molar-refractivity contribution in [1.29, 1.82) is 0 Å². The fraction of sp³-hybridized carbons (Fsp3) is 0.636. The van der Waals surface area contributed by atoms with Gasteiger partial charge in [0.25, 0.3) is 0 Å². The number of hydrogen-bond donors (Lipinski definition) is 3. The standard InChI is InChI=1S/C77H107F5N12O13/c1-12-47(4)65-73(104)88(7)46-63(97)90(9)57-29-20-17-23-38-93(72(57)103)60-41-49-32-30-48(31-33-49)25-18-15-16-19-28-56(67(98)84-65)89(8)62(96)43-59(70(101)86(5)13-2)91(10)74(105)66(51-26-21-22-27-51)92(11)75(106)76(36-24-37-76)85-68(99)58-42-52(107-14-3)44-94(58)69(100)55(83-61(95)45-87(6)71(60)102)35-34-50-39-53(78)64(54(79)40-50)77(80,81)82/h17-18,20,25,30-33,39-40,47,51-52,55-60,65-66H,12-16,19,21-24,26-29,34-38,41-46H2,1-11H3,(H,83,95)(H,84,98)(H,85,99)/b20-17-,25-18?/t47-,52+,55+,56-,57-,58-,59-,60-,65-,66-/m0/s1. The van der Waals surface area contributed by atoms with E-state index in [1.807, 2.05) is 31.2 Å². The van der Waals surface area contributed by atoms with Crippen molar-refractivity contribution in [2.75, 3.05) is 88.7 Å². The number of carbonyl (C=O) groups is 12. The maximum Gasteiger partial charge on any atom is 0.422 e. The summed E-state index contributed by atoms with van der Waals surface area (Å²) in [5, 5.41) is 8.52. The lowest BCUT2D eigenvalue weighted by molar-refractivity contribution is -0.158. The summed E-state index contributed by atoms with van der Waals surface area (Å²) in [6.45, 7) is 5.49. The second-order valence-corrected chi connectivity index (χ2v) is 29.7. The first kappa shape index (κ1) is 83.8. The molecular formula is C77H107F5N12O13. The van der Waals surface area contributed by atoms with Crippen LogP contribution < -0.4 is 16.0 Å². The fourth-order valence-corrected chi connectivity index (χ4v) is 15.5. The molecule has 2 aromatic carbocycles. The molecule has 588 valence electrons. The molecule has 0 radical (unpaired) electrons. The number of halogens is 5. The van der Waals surface area contributed by atoms with Gasteiger partial charge in [0.2, 0.25) is 70.9 Å². The first-order chi connectivity index (χ1) is 50.7. The Kier molecular flexibility index (Phi) is 28.9. The summed E-state index contributed by atoms with van der Waals surface area (Å²) >= 11 is 0. The minimum absolute atomic E-state index is 0.0330. The van der Waals surface area contributed by atoms with Gasteiger partial charge in [0, 0.05) is 88.4 Å². The summed E-state index contributed by atoms with van der Waals surface area (Å²) in [4.78, 5) is 193. The van der Waals surface area contributed by atoms with Crippen molar-refractivity contribution in [3.05, 3.63) is 88.5 Å². The number of hydrogen-bond acceptors (Lipinski definition) is 13. The van der Waals surface area contributed by atoms with Crippen LogP contribution in [-0.2, 0) is 81.3 Å². The SMILES string of the molecule is CCO[C@@H]1C[C@H]2C(=O)NC3(CCC3)C(=O)N(C)[C@@H](C3CCCC3)C(=O)N(C)[C@H](C(=O)N(C)CC)CC(=O)N(C)[C@H]3CCCCC=Cc4ccc(cc4)C[C@@H](C(=O)N(C)CC(=O)N[C@H](CCc4cc(F)c(C(F)(F)F)c(F)c4)C(=O)N2C1)N1CC/C=C\C[C@@H](C1=O)N(C)C(=O)CN(C)C(=O)[C@H]([C@@H](C)CC)NC3=O. The Morgan fingerprint density at radius 1 is 0.664 bits per heavy atom. The Hall–Kier alpha value is -8.83. The van der Waals surface area contributed by atoms with E-state index in [2.05, 4.69) is 16.0 Å². The first-order valence-corrected chi connectivity index (χ1v) is 37.6. The Morgan fingerprint density at radius 2 is 1.31 bits per heavy atom. The number of benzene rings is 2. The summed E-state index contributed by atoms with van der Waals surface area (Å²) in [6.07, 6.45) is 4.10. The van der Waals surface area contributed by atoms with E-state index in [0.717, 1.165) is 20.3 Å². The zero-order valence-corrected chi connectivity index (χ0v) is 63.5. The smallest absolute Gasteiger partial charge is 0.377 e. The van der Waals surface area contributed by atoms with E-state index in [9.17, 15) is 32.3 Å². The number of likely N-dealkylation sites (N-methyl/N-ethyl adjacent to an activating group) is 7. The molecule has 7 aliphatic heterocycles. The van der Waals surface area contributed by atoms with Crippen LogP contribution in [0, 0.1) is 23.5 Å². The molecule has 12 amide bonds. The Balaban J connectivity index is 1.27. The lowest BCUT2D eigenvalue weighted by Crippen LogP contribution is -2.68. The van der Waals surface area contributed by atoms with E-state index >= 15 is 47.1 Å². The third kappa shape index (κ3) is 19.9. The molecule has 3 N–H and O–H groups in total. The summed E-state index contributed by atoms with van der Waals surface area (Å²) in [6, 6.07) is -3.00. The van der Waals surface area contributed by atoms with Gasteiger partial charge >= 0.3 is 6.18 Å². The number of nitrogens with one attached hydrogen (secondary N) is 3. The van der Waals surface area contributed by atoms with Gasteiger partial charge < -0.3 is 64.8 Å². The second kappa shape index (κ2) is 36.8. The third-order valence-electron chi connectivity index (χ3n) is 22.5. The number of aryl methyl sites for hydroxylation is 1. The summed E-state index contributed by atoms with van der Waals surface area (Å²) in [5.41, 5.74) is -2.83. The van der Waals surface area contributed by atoms with Crippen LogP contribution in [0.2, 0.25) is 0 Å². The van der Waals surface area contributed by atoms with E-state index in [0.29, 0.717) is 75.5 Å². The van der Waals surface area contributed by atoms with Crippen molar-refractivity contribution in [3.8, 4) is 0 Å². The second-order valence-electron chi connectivity index (χ2n) is 29.7. The molecule has 0 aromatic heterocycles. The van der Waals surface area contributed by atoms with E-state index in [-0.39, 0.29) is 76.8 Å². The number of rotatable bonds is 10. The van der Waals surface area contributed by atoms with Crippen molar-refractivity contribution in [2.24, 2.45) is 11.8 Å². The Labute approximate surface area is 623 Å². The van der Waals surface area contributed by atoms with Gasteiger partial charge in [0.1, 0.15) is 71.1 Å². The lowest BCUT2D eigenvalue weighted by Gasteiger charge is -2.46. The molecule has 4 fully saturated rings. The average molecular weight is 1500 g/mol. The van der Waals surface area contributed by atoms with E-state index in [4.69, 9.17) is 4.74 Å². The highest BCUT2D eigenvalue weighted by atomic mass is 19.4. The highest BCUT2D eigenvalue weighted by Crippen LogP contribution is 2.39. The van der Waals surface area contributed by atoms with Crippen LogP contribution in [0.5, 0.6) is 0 Å². The first-order valence-electron chi connectivity index (χ1n) is 37.6. The van der Waals surface area contributed by atoms with Gasteiger partial charge in [-0.3, -0.25) is 57.5 Å². The molecule has 0 unspecified atom stereocenters. The molecule has 10 atom stereocenters. The molecule has 9 aliphatic rings. The third-order valence-corrected chi connectivity index (χ3v) is 22.5. The average Bonchev–Trinajstić information content (AvgIpc) is 1.70. The van der Waals surface area contributed by atoms with Crippen molar-refractivity contribution < 1.29 is 84.2 Å². The topological polar surface area (TPSA) is 279 Å². The van der Waals surface area contributed by atoms with E-state index in [1.54, 1.807) is 45.1 Å². The monoisotopic (exact) mass is 1500 g/mol. The highest BCUT2D eigenvalue weighted by Gasteiger charge is 2.54. The minimum atomic E-state index is -5.42. The van der Waals surface area contributed by atoms with Crippen molar-refractivity contribution in [3.63, 3.8) is 0 Å². The zero-order chi connectivity index (χ0) is 78.5. The summed E-state index contributed by atoms with van der Waals surface area (Å²) in [5.74, 6) is -13.8. The van der Waals surface area contributed by atoms with Gasteiger partial charge in [-0.15, -0.1) is 0 Å². The molecule has 107 heavy (non-hydrogen) atoms. The molecular weight excluding hydrogens is 1400 g/mol. The fourth-order valence-electron chi connectivity index (χ4n) is 15.5.